The summed E-state index contributed by atoms with van der Waals surface area (Å²) in [6.45, 7) is 6.51. The Morgan fingerprint density at radius 1 is 1.09 bits per heavy atom. The van der Waals surface area contributed by atoms with Crippen LogP contribution < -0.4 is 15.4 Å². The first-order chi connectivity index (χ1) is 16.9. The molecule has 0 saturated carbocycles. The third kappa shape index (κ3) is 9.39. The van der Waals surface area contributed by atoms with Crippen molar-refractivity contribution in [1.82, 2.24) is 5.32 Å². The zero-order chi connectivity index (χ0) is 25.0. The highest BCUT2D eigenvalue weighted by atomic mass is 79.9. The lowest BCUT2D eigenvalue weighted by Gasteiger charge is -2.14. The van der Waals surface area contributed by atoms with Gasteiger partial charge in [-0.15, -0.1) is 9.42 Å². The minimum atomic E-state index is -2.52. The van der Waals surface area contributed by atoms with Gasteiger partial charge >= 0.3 is 8.25 Å². The van der Waals surface area contributed by atoms with Crippen LogP contribution in [0.3, 0.4) is 0 Å². The van der Waals surface area contributed by atoms with Gasteiger partial charge < -0.3 is 19.8 Å². The predicted octanol–water partition coefficient (Wildman–Crippen LogP) is 6.69. The van der Waals surface area contributed by atoms with E-state index in [1.165, 1.54) is 5.56 Å². The Morgan fingerprint density at radius 2 is 1.91 bits per heavy atom. The van der Waals surface area contributed by atoms with E-state index >= 15 is 0 Å². The summed E-state index contributed by atoms with van der Waals surface area (Å²) < 4.78 is 27.7. The molecule has 0 saturated heterocycles. The van der Waals surface area contributed by atoms with Crippen molar-refractivity contribution in [3.05, 3.63) is 70.4 Å². The molecular formula is C26H33BrN2O5P+. The van der Waals surface area contributed by atoms with Crippen LogP contribution in [-0.4, -0.2) is 30.7 Å². The van der Waals surface area contributed by atoms with E-state index in [4.69, 9.17) is 14.0 Å². The molecule has 0 aliphatic rings. The van der Waals surface area contributed by atoms with Gasteiger partial charge in [0.15, 0.2) is 0 Å². The first kappa shape index (κ1) is 27.4. The van der Waals surface area contributed by atoms with Crippen molar-refractivity contribution in [2.75, 3.05) is 25.0 Å². The highest BCUT2D eigenvalue weighted by Crippen LogP contribution is 2.30. The van der Waals surface area contributed by atoms with Crippen molar-refractivity contribution >= 4 is 29.9 Å². The average Bonchev–Trinajstić information content (AvgIpc) is 3.35. The van der Waals surface area contributed by atoms with Gasteiger partial charge in [-0.05, 0) is 103 Å². The van der Waals surface area contributed by atoms with E-state index in [1.54, 1.807) is 6.26 Å². The highest BCUT2D eigenvalue weighted by Gasteiger charge is 2.11. The maximum atomic E-state index is 10.5. The summed E-state index contributed by atoms with van der Waals surface area (Å²) in [6, 6.07) is 16.4. The molecule has 1 heterocycles. The second-order valence-corrected chi connectivity index (χ2v) is 10.0. The maximum Gasteiger partial charge on any atom is 0.694 e. The minimum absolute atomic E-state index is 0.145. The first-order valence-electron chi connectivity index (χ1n) is 11.8. The smallest absolute Gasteiger partial charge is 0.490 e. The van der Waals surface area contributed by atoms with Crippen molar-refractivity contribution < 1.29 is 23.1 Å². The Hall–Kier alpha value is -2.22. The molecule has 1 atom stereocenters. The number of anilines is 1. The largest absolute Gasteiger partial charge is 0.694 e. The topological polar surface area (TPSA) is 93.0 Å². The second-order valence-electron chi connectivity index (χ2n) is 8.42. The molecule has 1 unspecified atom stereocenters. The molecule has 0 aliphatic heterocycles. The summed E-state index contributed by atoms with van der Waals surface area (Å²) in [7, 11) is -2.52. The van der Waals surface area contributed by atoms with Crippen molar-refractivity contribution in [2.45, 2.75) is 45.8 Å². The molecule has 0 amide bonds. The molecule has 0 fully saturated rings. The Kier molecular flexibility index (Phi) is 11.2. The summed E-state index contributed by atoms with van der Waals surface area (Å²) in [4.78, 5) is 8.66. The van der Waals surface area contributed by atoms with Gasteiger partial charge in [-0.2, -0.15) is 0 Å². The average molecular weight is 564 g/mol. The molecule has 3 rings (SSSR count). The molecule has 9 heteroatoms. The number of rotatable bonds is 15. The van der Waals surface area contributed by atoms with E-state index in [-0.39, 0.29) is 12.7 Å². The third-order valence-corrected chi connectivity index (χ3v) is 6.24. The van der Waals surface area contributed by atoms with Crippen LogP contribution in [0.2, 0.25) is 0 Å². The summed E-state index contributed by atoms with van der Waals surface area (Å²) in [6.07, 6.45) is 4.43. The molecule has 0 spiro atoms. The number of furan rings is 1. The summed E-state index contributed by atoms with van der Waals surface area (Å²) in [5.41, 5.74) is 4.45. The Bertz CT molecular complexity index is 1080. The lowest BCUT2D eigenvalue weighted by molar-refractivity contribution is 0.241. The van der Waals surface area contributed by atoms with E-state index in [0.29, 0.717) is 19.5 Å². The van der Waals surface area contributed by atoms with Crippen LogP contribution in [0.5, 0.6) is 5.75 Å². The third-order valence-electron chi connectivity index (χ3n) is 5.22. The van der Waals surface area contributed by atoms with Crippen molar-refractivity contribution in [3.63, 3.8) is 0 Å². The molecule has 35 heavy (non-hydrogen) atoms. The first-order valence-corrected chi connectivity index (χ1v) is 13.7. The molecule has 0 bridgehead atoms. The van der Waals surface area contributed by atoms with E-state index in [1.807, 2.05) is 32.0 Å². The van der Waals surface area contributed by atoms with Crippen LogP contribution in [0.1, 0.15) is 37.8 Å². The Balaban J connectivity index is 1.53. The molecule has 3 N–H and O–H groups in total. The number of hydrogen-bond donors (Lipinski definition) is 3. The molecule has 7 nitrogen and oxygen atoms in total. The van der Waals surface area contributed by atoms with Crippen LogP contribution in [0.15, 0.2) is 63.7 Å². The van der Waals surface area contributed by atoms with Crippen molar-refractivity contribution in [1.29, 1.82) is 0 Å². The Labute approximate surface area is 216 Å². The number of aryl methyl sites for hydroxylation is 1. The molecule has 0 aliphatic carbocycles. The molecule has 188 valence electrons. The van der Waals surface area contributed by atoms with E-state index in [0.717, 1.165) is 52.2 Å². The molecule has 1 aromatic heterocycles. The lowest BCUT2D eigenvalue weighted by Crippen LogP contribution is -2.16. The van der Waals surface area contributed by atoms with Gasteiger partial charge in [-0.25, -0.2) is 0 Å². The van der Waals surface area contributed by atoms with E-state index in [9.17, 15) is 4.57 Å². The molecular weight excluding hydrogens is 531 g/mol. The van der Waals surface area contributed by atoms with Gasteiger partial charge in [0.2, 0.25) is 0 Å². The fraction of sp³-hybridized carbons (Fsp3) is 0.385. The van der Waals surface area contributed by atoms with Gasteiger partial charge in [-0.1, -0.05) is 12.1 Å². The zero-order valence-electron chi connectivity index (χ0n) is 20.1. The summed E-state index contributed by atoms with van der Waals surface area (Å²) in [5, 5.41) is 6.90. The van der Waals surface area contributed by atoms with Gasteiger partial charge in [0.05, 0.1) is 16.8 Å². The van der Waals surface area contributed by atoms with Crippen LogP contribution in [-0.2, 0) is 22.1 Å². The fourth-order valence-corrected chi connectivity index (χ4v) is 4.43. The molecule has 2 aromatic carbocycles. The Morgan fingerprint density at radius 3 is 2.63 bits per heavy atom. The number of nitrogens with one attached hydrogen (secondary N) is 2. The lowest BCUT2D eigenvalue weighted by atomic mass is 10.1. The van der Waals surface area contributed by atoms with Gasteiger partial charge in [0.25, 0.3) is 0 Å². The number of hydrogen-bond acceptors (Lipinski definition) is 6. The minimum Gasteiger partial charge on any atom is -0.490 e. The van der Waals surface area contributed by atoms with Gasteiger partial charge in [-0.3, -0.25) is 0 Å². The zero-order valence-corrected chi connectivity index (χ0v) is 22.6. The van der Waals surface area contributed by atoms with Crippen LogP contribution in [0.25, 0.3) is 11.3 Å². The van der Waals surface area contributed by atoms with E-state index in [2.05, 4.69) is 61.4 Å². The SMILES string of the molecule is CC(C)Oc1ccc(CCCNc2ccc(CNCCCO[P+](=O)O)cc2-c2ccco2)cc1Br. The highest BCUT2D eigenvalue weighted by molar-refractivity contribution is 9.10. The molecule has 0 radical (unpaired) electrons. The molecule has 3 aromatic rings. The maximum absolute atomic E-state index is 10.5. The standard InChI is InChI=1S/C26H32BrN2O5P/c1-19(2)34-26-11-9-20(17-23(26)27)6-3-13-29-24-10-8-21(16-22(24)25-7-4-14-32-25)18-28-12-5-15-33-35(30)31/h4,7-11,14,16-17,19,28-29H,3,5-6,12-13,15,18H2,1-2H3/p+1. The monoisotopic (exact) mass is 563 g/mol. The predicted molar refractivity (Wildman–Crippen MR) is 143 cm³/mol. The summed E-state index contributed by atoms with van der Waals surface area (Å²) in [5.74, 6) is 1.69. The number of ether oxygens (including phenoxy) is 1. The second kappa shape index (κ2) is 14.4. The van der Waals surface area contributed by atoms with Crippen LogP contribution >= 0.6 is 24.2 Å². The normalized spacial score (nSPS) is 11.6. The summed E-state index contributed by atoms with van der Waals surface area (Å²) >= 11 is 3.61. The van der Waals surface area contributed by atoms with Crippen LogP contribution in [0, 0.1) is 0 Å². The number of benzene rings is 2. The van der Waals surface area contributed by atoms with Crippen molar-refractivity contribution in [2.24, 2.45) is 0 Å². The number of halogens is 1. The van der Waals surface area contributed by atoms with Crippen molar-refractivity contribution in [3.8, 4) is 17.1 Å². The van der Waals surface area contributed by atoms with Gasteiger partial charge in [0, 0.05) is 28.9 Å². The van der Waals surface area contributed by atoms with Gasteiger partial charge in [0.1, 0.15) is 18.1 Å². The van der Waals surface area contributed by atoms with Crippen LogP contribution in [0.4, 0.5) is 5.69 Å². The fourth-order valence-electron chi connectivity index (χ4n) is 3.63. The quantitative estimate of drug-likeness (QED) is 0.140. The van der Waals surface area contributed by atoms with E-state index < -0.39 is 8.25 Å².